The molecule has 1 saturated heterocycles. The maximum Gasteiger partial charge on any atom is 0.219 e. The van der Waals surface area contributed by atoms with Gasteiger partial charge in [-0.15, -0.1) is 6.58 Å². The number of amides is 1. The van der Waals surface area contributed by atoms with Crippen molar-refractivity contribution in [2.45, 2.75) is 13.0 Å². The molecule has 62 valence electrons. The van der Waals surface area contributed by atoms with Crippen LogP contribution in [-0.4, -0.2) is 36.6 Å². The molecule has 0 bridgehead atoms. The van der Waals surface area contributed by atoms with Gasteiger partial charge in [0.2, 0.25) is 5.91 Å². The Bertz CT molecular complexity index is 167. The minimum Gasteiger partial charge on any atom is -0.370 e. The highest BCUT2D eigenvalue weighted by molar-refractivity contribution is 5.73. The second-order valence-electron chi connectivity index (χ2n) is 2.61. The van der Waals surface area contributed by atoms with E-state index in [4.69, 9.17) is 4.74 Å². The molecule has 1 unspecified atom stereocenters. The lowest BCUT2D eigenvalue weighted by atomic mass is 10.3. The number of nitrogens with zero attached hydrogens (tertiary/aromatic N) is 1. The smallest absolute Gasteiger partial charge is 0.219 e. The fourth-order valence-electron chi connectivity index (χ4n) is 1.10. The van der Waals surface area contributed by atoms with E-state index < -0.39 is 0 Å². The van der Waals surface area contributed by atoms with Gasteiger partial charge in [0.1, 0.15) is 0 Å². The first-order valence-corrected chi connectivity index (χ1v) is 3.73. The Morgan fingerprint density at radius 2 is 2.55 bits per heavy atom. The van der Waals surface area contributed by atoms with E-state index in [1.165, 1.54) is 0 Å². The number of hydrogen-bond donors (Lipinski definition) is 0. The van der Waals surface area contributed by atoms with Crippen LogP contribution in [0.15, 0.2) is 12.7 Å². The Kier molecular flexibility index (Phi) is 2.65. The van der Waals surface area contributed by atoms with Crippen molar-refractivity contribution in [1.29, 1.82) is 0 Å². The quantitative estimate of drug-likeness (QED) is 0.513. The van der Waals surface area contributed by atoms with Crippen molar-refractivity contribution in [1.82, 2.24) is 4.90 Å². The SMILES string of the molecule is C=CC1CN(C(C)=O)CCO1. The number of ether oxygens (including phenoxy) is 1. The molecule has 0 aromatic carbocycles. The molecular weight excluding hydrogens is 142 g/mol. The summed E-state index contributed by atoms with van der Waals surface area (Å²) in [6, 6.07) is 0. The average Bonchev–Trinajstić information content (AvgIpc) is 2.05. The van der Waals surface area contributed by atoms with Crippen LogP contribution >= 0.6 is 0 Å². The van der Waals surface area contributed by atoms with E-state index in [-0.39, 0.29) is 12.0 Å². The topological polar surface area (TPSA) is 29.5 Å². The van der Waals surface area contributed by atoms with E-state index in [2.05, 4.69) is 6.58 Å². The molecule has 3 nitrogen and oxygen atoms in total. The number of rotatable bonds is 1. The summed E-state index contributed by atoms with van der Waals surface area (Å²) in [5, 5.41) is 0. The molecule has 0 N–H and O–H groups in total. The van der Waals surface area contributed by atoms with Crippen LogP contribution in [-0.2, 0) is 9.53 Å². The van der Waals surface area contributed by atoms with Gasteiger partial charge in [-0.25, -0.2) is 0 Å². The van der Waals surface area contributed by atoms with Crippen LogP contribution in [0.25, 0.3) is 0 Å². The molecule has 0 saturated carbocycles. The highest BCUT2D eigenvalue weighted by atomic mass is 16.5. The second-order valence-corrected chi connectivity index (χ2v) is 2.61. The first kappa shape index (κ1) is 8.27. The van der Waals surface area contributed by atoms with E-state index in [0.717, 1.165) is 0 Å². The molecule has 0 aliphatic carbocycles. The average molecular weight is 155 g/mol. The Morgan fingerprint density at radius 1 is 1.82 bits per heavy atom. The highest BCUT2D eigenvalue weighted by Crippen LogP contribution is 2.05. The highest BCUT2D eigenvalue weighted by Gasteiger charge is 2.18. The first-order valence-electron chi connectivity index (χ1n) is 3.73. The fourth-order valence-corrected chi connectivity index (χ4v) is 1.10. The van der Waals surface area contributed by atoms with Crippen LogP contribution in [0, 0.1) is 0 Å². The Labute approximate surface area is 66.6 Å². The molecule has 1 amide bonds. The third kappa shape index (κ3) is 2.05. The molecule has 1 atom stereocenters. The van der Waals surface area contributed by atoms with Crippen LogP contribution in [0.1, 0.15) is 6.92 Å². The van der Waals surface area contributed by atoms with Crippen molar-refractivity contribution in [2.75, 3.05) is 19.7 Å². The maximum atomic E-state index is 10.9. The number of morpholine rings is 1. The number of hydrogen-bond acceptors (Lipinski definition) is 2. The fraction of sp³-hybridized carbons (Fsp3) is 0.625. The van der Waals surface area contributed by atoms with Gasteiger partial charge in [-0.3, -0.25) is 4.79 Å². The van der Waals surface area contributed by atoms with Crippen LogP contribution in [0.5, 0.6) is 0 Å². The van der Waals surface area contributed by atoms with E-state index in [1.54, 1.807) is 17.9 Å². The monoisotopic (exact) mass is 155 g/mol. The van der Waals surface area contributed by atoms with Gasteiger partial charge >= 0.3 is 0 Å². The van der Waals surface area contributed by atoms with Gasteiger partial charge in [0, 0.05) is 13.5 Å². The maximum absolute atomic E-state index is 10.9. The summed E-state index contributed by atoms with van der Waals surface area (Å²) in [6.07, 6.45) is 1.75. The third-order valence-electron chi connectivity index (χ3n) is 1.80. The summed E-state index contributed by atoms with van der Waals surface area (Å²) in [6.45, 7) is 7.17. The Hall–Kier alpha value is -0.830. The zero-order valence-corrected chi connectivity index (χ0v) is 6.75. The molecule has 11 heavy (non-hydrogen) atoms. The van der Waals surface area contributed by atoms with Crippen molar-refractivity contribution in [3.8, 4) is 0 Å². The summed E-state index contributed by atoms with van der Waals surface area (Å²) < 4.78 is 5.30. The molecule has 0 aromatic heterocycles. The third-order valence-corrected chi connectivity index (χ3v) is 1.80. The zero-order chi connectivity index (χ0) is 8.27. The molecule has 1 heterocycles. The lowest BCUT2D eigenvalue weighted by Crippen LogP contribution is -2.43. The summed E-state index contributed by atoms with van der Waals surface area (Å²) in [7, 11) is 0. The lowest BCUT2D eigenvalue weighted by Gasteiger charge is -2.30. The summed E-state index contributed by atoms with van der Waals surface area (Å²) in [5.74, 6) is 0.111. The van der Waals surface area contributed by atoms with Gasteiger partial charge < -0.3 is 9.64 Å². The van der Waals surface area contributed by atoms with Gasteiger partial charge in [-0.1, -0.05) is 6.08 Å². The van der Waals surface area contributed by atoms with Crippen molar-refractivity contribution in [2.24, 2.45) is 0 Å². The normalized spacial score (nSPS) is 24.8. The Balaban J connectivity index is 2.45. The van der Waals surface area contributed by atoms with Gasteiger partial charge in [0.05, 0.1) is 19.3 Å². The van der Waals surface area contributed by atoms with E-state index in [0.29, 0.717) is 19.7 Å². The molecule has 0 aromatic rings. The molecule has 3 heteroatoms. The van der Waals surface area contributed by atoms with Crippen molar-refractivity contribution in [3.05, 3.63) is 12.7 Å². The van der Waals surface area contributed by atoms with Crippen LogP contribution in [0.2, 0.25) is 0 Å². The molecule has 1 rings (SSSR count). The van der Waals surface area contributed by atoms with Crippen LogP contribution in [0.3, 0.4) is 0 Å². The Morgan fingerprint density at radius 3 is 3.09 bits per heavy atom. The van der Waals surface area contributed by atoms with Crippen molar-refractivity contribution < 1.29 is 9.53 Å². The summed E-state index contributed by atoms with van der Waals surface area (Å²) in [5.41, 5.74) is 0. The van der Waals surface area contributed by atoms with Gasteiger partial charge in [0.25, 0.3) is 0 Å². The zero-order valence-electron chi connectivity index (χ0n) is 6.75. The first-order chi connectivity index (χ1) is 5.24. The summed E-state index contributed by atoms with van der Waals surface area (Å²) >= 11 is 0. The minimum absolute atomic E-state index is 0.0210. The van der Waals surface area contributed by atoms with Crippen molar-refractivity contribution >= 4 is 5.91 Å². The minimum atomic E-state index is 0.0210. The molecular formula is C8H13NO2. The van der Waals surface area contributed by atoms with Gasteiger partial charge in [0.15, 0.2) is 0 Å². The summed E-state index contributed by atoms with van der Waals surface area (Å²) in [4.78, 5) is 12.7. The molecule has 0 spiro atoms. The predicted octanol–water partition coefficient (Wildman–Crippen LogP) is 0.420. The van der Waals surface area contributed by atoms with Crippen molar-refractivity contribution in [3.63, 3.8) is 0 Å². The van der Waals surface area contributed by atoms with E-state index >= 15 is 0 Å². The molecule has 1 fully saturated rings. The van der Waals surface area contributed by atoms with Crippen LogP contribution < -0.4 is 0 Å². The van der Waals surface area contributed by atoms with E-state index in [9.17, 15) is 4.79 Å². The van der Waals surface area contributed by atoms with Gasteiger partial charge in [-0.05, 0) is 0 Å². The predicted molar refractivity (Wildman–Crippen MR) is 42.2 cm³/mol. The van der Waals surface area contributed by atoms with Crippen LogP contribution in [0.4, 0.5) is 0 Å². The van der Waals surface area contributed by atoms with E-state index in [1.807, 2.05) is 0 Å². The molecule has 1 aliphatic heterocycles. The molecule has 0 radical (unpaired) electrons. The largest absolute Gasteiger partial charge is 0.370 e. The lowest BCUT2D eigenvalue weighted by molar-refractivity contribution is -0.134. The number of carbonyl (C=O) groups excluding carboxylic acids is 1. The van der Waals surface area contributed by atoms with Gasteiger partial charge in [-0.2, -0.15) is 0 Å². The molecule has 1 aliphatic rings. The number of carbonyl (C=O) groups is 1. The standard InChI is InChI=1S/C8H13NO2/c1-3-8-6-9(7(2)10)4-5-11-8/h3,8H,1,4-6H2,2H3. The second kappa shape index (κ2) is 3.53.